The second-order valence-electron chi connectivity index (χ2n) is 3.88. The summed E-state index contributed by atoms with van der Waals surface area (Å²) in [6, 6.07) is 4.26. The van der Waals surface area contributed by atoms with Crippen molar-refractivity contribution in [1.82, 2.24) is 0 Å². The summed E-state index contributed by atoms with van der Waals surface area (Å²) in [4.78, 5) is 15.0. The molecule has 0 radical (unpaired) electrons. The number of rotatable bonds is 1. The van der Waals surface area contributed by atoms with E-state index in [1.807, 2.05) is 0 Å². The molecule has 1 unspecified atom stereocenters. The van der Waals surface area contributed by atoms with E-state index in [4.69, 9.17) is 11.5 Å². The molecule has 0 saturated carbocycles. The molecule has 1 aromatic carbocycles. The molecule has 0 aliphatic carbocycles. The third-order valence-electron chi connectivity index (χ3n) is 2.59. The predicted molar refractivity (Wildman–Crippen MR) is 66.9 cm³/mol. The van der Waals surface area contributed by atoms with Crippen LogP contribution in [0.3, 0.4) is 0 Å². The number of sulfone groups is 1. The highest BCUT2D eigenvalue weighted by molar-refractivity contribution is 7.92. The van der Waals surface area contributed by atoms with E-state index in [0.717, 1.165) is 0 Å². The molecule has 1 amide bonds. The Morgan fingerprint density at radius 1 is 1.39 bits per heavy atom. The number of carbonyl (C=O) groups is 1. The normalized spacial score (nSPS) is 19.7. The molecule has 0 fully saturated rings. The van der Waals surface area contributed by atoms with Crippen molar-refractivity contribution in [2.45, 2.75) is 17.2 Å². The van der Waals surface area contributed by atoms with Crippen LogP contribution in [0, 0.1) is 0 Å². The maximum atomic E-state index is 11.9. The number of anilines is 1. The van der Waals surface area contributed by atoms with E-state index < -0.39 is 21.1 Å². The molecular weight excluding hydrogens is 256 g/mol. The number of hydrogen-bond donors (Lipinski definition) is 3. The fraction of sp³-hybridized carbons (Fsp3) is 0.200. The Morgan fingerprint density at radius 3 is 2.67 bits per heavy atom. The quantitative estimate of drug-likeness (QED) is 0.471. The summed E-state index contributed by atoms with van der Waals surface area (Å²) in [5, 5.41) is 2.10. The number of aliphatic imine (C=N–C) groups is 1. The molecule has 18 heavy (non-hydrogen) atoms. The Morgan fingerprint density at radius 2 is 2.06 bits per heavy atom. The molecular formula is C10H12N4O3S. The van der Waals surface area contributed by atoms with Gasteiger partial charge in [-0.3, -0.25) is 4.79 Å². The third-order valence-corrected chi connectivity index (χ3v) is 4.59. The monoisotopic (exact) mass is 268 g/mol. The van der Waals surface area contributed by atoms with E-state index >= 15 is 0 Å². The van der Waals surface area contributed by atoms with Crippen molar-refractivity contribution in [3.63, 3.8) is 0 Å². The summed E-state index contributed by atoms with van der Waals surface area (Å²) < 4.78 is 23.8. The van der Waals surface area contributed by atoms with Crippen molar-refractivity contribution < 1.29 is 13.2 Å². The maximum absolute atomic E-state index is 11.9. The first-order valence-corrected chi connectivity index (χ1v) is 6.65. The summed E-state index contributed by atoms with van der Waals surface area (Å²) in [5.41, 5.74) is 10.8. The highest BCUT2D eigenvalue weighted by Gasteiger charge is 2.33. The van der Waals surface area contributed by atoms with Crippen molar-refractivity contribution in [2.75, 3.05) is 5.32 Å². The Bertz CT molecular complexity index is 647. The van der Waals surface area contributed by atoms with Crippen molar-refractivity contribution in [2.24, 2.45) is 16.5 Å². The summed E-state index contributed by atoms with van der Waals surface area (Å²) in [6.45, 7) is 1.53. The molecule has 0 bridgehead atoms. The summed E-state index contributed by atoms with van der Waals surface area (Å²) in [7, 11) is -3.44. The molecule has 0 saturated heterocycles. The highest BCUT2D eigenvalue weighted by Crippen LogP contribution is 2.33. The van der Waals surface area contributed by atoms with Crippen molar-refractivity contribution in [1.29, 1.82) is 0 Å². The molecule has 96 valence electrons. The smallest absolute Gasteiger partial charge is 0.280 e. The van der Waals surface area contributed by atoms with Gasteiger partial charge in [0.2, 0.25) is 9.84 Å². The van der Waals surface area contributed by atoms with Crippen LogP contribution in [-0.2, 0) is 9.84 Å². The minimum atomic E-state index is -3.44. The standard InChI is InChI=1S/C10H12N4O3S/c1-5-13-7-3-2-6(9(15)14-10(11)12)4-8(7)18(5,16)17/h2-5,13H,1H3,(H4,11,12,14,15). The molecule has 1 heterocycles. The van der Waals surface area contributed by atoms with Gasteiger partial charge in [-0.05, 0) is 25.1 Å². The largest absolute Gasteiger partial charge is 0.370 e. The summed E-state index contributed by atoms with van der Waals surface area (Å²) in [5.74, 6) is -1.04. The summed E-state index contributed by atoms with van der Waals surface area (Å²) >= 11 is 0. The molecule has 2 rings (SSSR count). The zero-order valence-electron chi connectivity index (χ0n) is 9.54. The van der Waals surface area contributed by atoms with Crippen molar-refractivity contribution in [3.05, 3.63) is 23.8 Å². The molecule has 7 nitrogen and oxygen atoms in total. The third kappa shape index (κ3) is 1.90. The number of guanidine groups is 1. The van der Waals surface area contributed by atoms with Gasteiger partial charge in [0.05, 0.1) is 10.6 Å². The van der Waals surface area contributed by atoms with Gasteiger partial charge in [-0.1, -0.05) is 0 Å². The van der Waals surface area contributed by atoms with Crippen LogP contribution in [0.1, 0.15) is 17.3 Å². The van der Waals surface area contributed by atoms with Gasteiger partial charge in [-0.2, -0.15) is 4.99 Å². The van der Waals surface area contributed by atoms with E-state index in [1.165, 1.54) is 25.1 Å². The summed E-state index contributed by atoms with van der Waals surface area (Å²) in [6.07, 6.45) is 0. The first-order valence-electron chi connectivity index (χ1n) is 5.11. The molecule has 1 aliphatic heterocycles. The number of nitrogens with two attached hydrogens (primary N) is 2. The van der Waals surface area contributed by atoms with Crippen LogP contribution in [0.5, 0.6) is 0 Å². The SMILES string of the molecule is CC1Nc2ccc(C(=O)N=C(N)N)cc2S1(=O)=O. The predicted octanol–water partition coefficient (Wildman–Crippen LogP) is -0.355. The van der Waals surface area contributed by atoms with Gasteiger partial charge >= 0.3 is 0 Å². The lowest BCUT2D eigenvalue weighted by molar-refractivity contribution is 0.100. The van der Waals surface area contributed by atoms with Crippen LogP contribution in [-0.4, -0.2) is 25.7 Å². The average molecular weight is 268 g/mol. The van der Waals surface area contributed by atoms with Crippen molar-refractivity contribution >= 4 is 27.4 Å². The van der Waals surface area contributed by atoms with Crippen LogP contribution in [0.25, 0.3) is 0 Å². The van der Waals surface area contributed by atoms with E-state index in [0.29, 0.717) is 5.69 Å². The lowest BCUT2D eigenvalue weighted by Crippen LogP contribution is -2.24. The fourth-order valence-corrected chi connectivity index (χ4v) is 3.07. The van der Waals surface area contributed by atoms with Gasteiger partial charge in [-0.25, -0.2) is 8.42 Å². The number of amides is 1. The zero-order valence-corrected chi connectivity index (χ0v) is 10.4. The molecule has 8 heteroatoms. The van der Waals surface area contributed by atoms with Gasteiger partial charge in [-0.15, -0.1) is 0 Å². The van der Waals surface area contributed by atoms with E-state index in [-0.39, 0.29) is 16.4 Å². The lowest BCUT2D eigenvalue weighted by Gasteiger charge is -2.00. The number of fused-ring (bicyclic) bond motifs is 1. The Labute approximate surface area is 104 Å². The average Bonchev–Trinajstić information content (AvgIpc) is 2.49. The maximum Gasteiger partial charge on any atom is 0.280 e. The van der Waals surface area contributed by atoms with Crippen molar-refractivity contribution in [3.8, 4) is 0 Å². The van der Waals surface area contributed by atoms with Crippen LogP contribution in [0.2, 0.25) is 0 Å². The lowest BCUT2D eigenvalue weighted by atomic mass is 10.2. The fourth-order valence-electron chi connectivity index (χ4n) is 1.68. The highest BCUT2D eigenvalue weighted by atomic mass is 32.2. The second kappa shape index (κ2) is 3.98. The molecule has 0 aromatic heterocycles. The number of benzene rings is 1. The minimum absolute atomic E-state index is 0.0895. The first kappa shape index (κ1) is 12.4. The number of nitrogens with zero attached hydrogens (tertiary/aromatic N) is 1. The zero-order chi connectivity index (χ0) is 13.5. The van der Waals surface area contributed by atoms with E-state index in [1.54, 1.807) is 0 Å². The first-order chi connectivity index (χ1) is 8.32. The number of hydrogen-bond acceptors (Lipinski definition) is 4. The molecule has 1 atom stereocenters. The van der Waals surface area contributed by atoms with Gasteiger partial charge in [0.15, 0.2) is 5.96 Å². The van der Waals surface area contributed by atoms with Crippen LogP contribution < -0.4 is 16.8 Å². The number of carbonyl (C=O) groups excluding carboxylic acids is 1. The number of nitrogens with one attached hydrogen (secondary N) is 1. The minimum Gasteiger partial charge on any atom is -0.370 e. The molecule has 0 spiro atoms. The Balaban J connectivity index is 2.50. The van der Waals surface area contributed by atoms with Crippen LogP contribution in [0.15, 0.2) is 28.1 Å². The Kier molecular flexibility index (Phi) is 2.74. The van der Waals surface area contributed by atoms with Gasteiger partial charge in [0, 0.05) is 5.56 Å². The molecule has 5 N–H and O–H groups in total. The van der Waals surface area contributed by atoms with E-state index in [2.05, 4.69) is 10.3 Å². The molecule has 1 aliphatic rings. The van der Waals surface area contributed by atoms with Crippen LogP contribution in [0.4, 0.5) is 5.69 Å². The topological polar surface area (TPSA) is 128 Å². The van der Waals surface area contributed by atoms with Gasteiger partial charge < -0.3 is 16.8 Å². The van der Waals surface area contributed by atoms with E-state index in [9.17, 15) is 13.2 Å². The molecule has 1 aromatic rings. The van der Waals surface area contributed by atoms with Gasteiger partial charge in [0.25, 0.3) is 5.91 Å². The second-order valence-corrected chi connectivity index (χ2v) is 6.12. The Hall–Kier alpha value is -2.09. The van der Waals surface area contributed by atoms with Crippen LogP contribution >= 0.6 is 0 Å². The van der Waals surface area contributed by atoms with Gasteiger partial charge in [0.1, 0.15) is 5.37 Å².